The van der Waals surface area contributed by atoms with E-state index in [9.17, 15) is 9.59 Å². The predicted molar refractivity (Wildman–Crippen MR) is 166 cm³/mol. The summed E-state index contributed by atoms with van der Waals surface area (Å²) in [6.45, 7) is 5.36. The van der Waals surface area contributed by atoms with Gasteiger partial charge in [0.2, 0.25) is 5.95 Å². The van der Waals surface area contributed by atoms with E-state index in [1.807, 2.05) is 24.8 Å². The average Bonchev–Trinajstić information content (AvgIpc) is 3.62. The van der Waals surface area contributed by atoms with Crippen molar-refractivity contribution in [2.75, 3.05) is 45.9 Å². The summed E-state index contributed by atoms with van der Waals surface area (Å²) in [5.74, 6) is 2.56. The molecule has 0 saturated carbocycles. The fourth-order valence-electron chi connectivity index (χ4n) is 4.94. The second-order valence-corrected chi connectivity index (χ2v) is 10.6. The summed E-state index contributed by atoms with van der Waals surface area (Å²) in [5, 5.41) is 3.30. The van der Waals surface area contributed by atoms with Crippen LogP contribution in [0.5, 0.6) is 23.0 Å². The standard InChI is InChI=1S/C32H37N7O6/c1-21(2)26-17-29(36-31(35-26)37-14-12-34-20-37)38-15-13-33-18-27(38)30(40)39(19-22-6-7-25(43-4)16-28(22)44-5)32(41)45-24-10-8-23(42-3)9-11-24/h6-12,14,16-17,20-21,27,33H,13,15,18-19H2,1-5H3. The molecule has 1 N–H and O–H groups in total. The van der Waals surface area contributed by atoms with Gasteiger partial charge in [-0.15, -0.1) is 0 Å². The number of benzene rings is 2. The van der Waals surface area contributed by atoms with Crippen molar-refractivity contribution in [2.45, 2.75) is 32.4 Å². The minimum absolute atomic E-state index is 0.101. The number of carbonyl (C=O) groups excluding carboxylic acids is 2. The van der Waals surface area contributed by atoms with Crippen LogP contribution in [0.3, 0.4) is 0 Å². The number of carbonyl (C=O) groups is 2. The molecule has 2 aromatic carbocycles. The molecule has 1 atom stereocenters. The third-order valence-corrected chi connectivity index (χ3v) is 7.44. The Bertz CT molecular complexity index is 1610. The van der Waals surface area contributed by atoms with Gasteiger partial charge in [-0.25, -0.2) is 19.7 Å². The van der Waals surface area contributed by atoms with Crippen LogP contribution < -0.4 is 29.2 Å². The molecule has 0 radical (unpaired) electrons. The topological polar surface area (TPSA) is 133 Å². The van der Waals surface area contributed by atoms with Gasteiger partial charge in [-0.2, -0.15) is 4.98 Å². The lowest BCUT2D eigenvalue weighted by Crippen LogP contribution is -2.60. The van der Waals surface area contributed by atoms with Crippen LogP contribution in [0.4, 0.5) is 10.6 Å². The van der Waals surface area contributed by atoms with Crippen LogP contribution in [-0.2, 0) is 11.3 Å². The molecule has 0 aliphatic carbocycles. The Hall–Kier alpha value is -5.17. The van der Waals surface area contributed by atoms with Gasteiger partial charge >= 0.3 is 6.09 Å². The molecule has 1 aliphatic heterocycles. The van der Waals surface area contributed by atoms with Gasteiger partial charge in [0.1, 0.15) is 41.2 Å². The minimum Gasteiger partial charge on any atom is -0.497 e. The van der Waals surface area contributed by atoms with E-state index < -0.39 is 18.0 Å². The monoisotopic (exact) mass is 615 g/mol. The van der Waals surface area contributed by atoms with Crippen molar-refractivity contribution < 1.29 is 28.5 Å². The molecule has 2 aromatic heterocycles. The molecule has 4 aromatic rings. The highest BCUT2D eigenvalue weighted by atomic mass is 16.6. The lowest BCUT2D eigenvalue weighted by Gasteiger charge is -2.38. The van der Waals surface area contributed by atoms with Crippen LogP contribution in [0.1, 0.15) is 31.0 Å². The van der Waals surface area contributed by atoms with E-state index in [-0.39, 0.29) is 24.8 Å². The maximum Gasteiger partial charge on any atom is 0.422 e. The minimum atomic E-state index is -0.835. The summed E-state index contributed by atoms with van der Waals surface area (Å²) >= 11 is 0. The molecular formula is C32H37N7O6. The number of ether oxygens (including phenoxy) is 4. The summed E-state index contributed by atoms with van der Waals surface area (Å²) in [6, 6.07) is 12.9. The van der Waals surface area contributed by atoms with Crippen molar-refractivity contribution in [3.05, 3.63) is 78.5 Å². The van der Waals surface area contributed by atoms with Gasteiger partial charge in [0.25, 0.3) is 5.91 Å². The van der Waals surface area contributed by atoms with Crippen LogP contribution in [0.25, 0.3) is 5.95 Å². The smallest absolute Gasteiger partial charge is 0.422 e. The fourth-order valence-corrected chi connectivity index (χ4v) is 4.94. The van der Waals surface area contributed by atoms with Gasteiger partial charge in [0.15, 0.2) is 0 Å². The molecule has 1 saturated heterocycles. The average molecular weight is 616 g/mol. The lowest BCUT2D eigenvalue weighted by atomic mass is 10.1. The van der Waals surface area contributed by atoms with Crippen molar-refractivity contribution in [1.29, 1.82) is 0 Å². The molecular weight excluding hydrogens is 578 g/mol. The van der Waals surface area contributed by atoms with E-state index in [4.69, 9.17) is 28.9 Å². The van der Waals surface area contributed by atoms with Gasteiger partial charge in [0, 0.05) is 49.7 Å². The quantitative estimate of drug-likeness (QED) is 0.279. The van der Waals surface area contributed by atoms with Crippen molar-refractivity contribution >= 4 is 17.8 Å². The second kappa shape index (κ2) is 14.1. The summed E-state index contributed by atoms with van der Waals surface area (Å²) in [4.78, 5) is 44.9. The van der Waals surface area contributed by atoms with Gasteiger partial charge in [-0.05, 0) is 42.3 Å². The van der Waals surface area contributed by atoms with E-state index in [2.05, 4.69) is 10.3 Å². The number of hydrogen-bond acceptors (Lipinski definition) is 11. The number of hydrogen-bond donors (Lipinski definition) is 1. The molecule has 2 amide bonds. The van der Waals surface area contributed by atoms with Crippen LogP contribution >= 0.6 is 0 Å². The highest BCUT2D eigenvalue weighted by molar-refractivity contribution is 5.97. The third kappa shape index (κ3) is 7.15. The Labute approximate surface area is 261 Å². The zero-order chi connectivity index (χ0) is 31.9. The van der Waals surface area contributed by atoms with Crippen molar-refractivity contribution in [3.63, 3.8) is 0 Å². The molecule has 3 heterocycles. The summed E-state index contributed by atoms with van der Waals surface area (Å²) in [7, 11) is 4.62. The number of piperazine rings is 1. The predicted octanol–water partition coefficient (Wildman–Crippen LogP) is 3.82. The maximum absolute atomic E-state index is 14.5. The first-order valence-electron chi connectivity index (χ1n) is 14.5. The van der Waals surface area contributed by atoms with Gasteiger partial charge in [-0.3, -0.25) is 9.36 Å². The molecule has 13 nitrogen and oxygen atoms in total. The Morgan fingerprint density at radius 2 is 1.71 bits per heavy atom. The zero-order valence-electron chi connectivity index (χ0n) is 26.0. The van der Waals surface area contributed by atoms with E-state index in [0.717, 1.165) is 10.6 Å². The van der Waals surface area contributed by atoms with Gasteiger partial charge in [0.05, 0.1) is 33.6 Å². The number of rotatable bonds is 10. The number of imidazole rings is 1. The number of anilines is 1. The first kappa shape index (κ1) is 31.3. The molecule has 13 heteroatoms. The highest BCUT2D eigenvalue weighted by Crippen LogP contribution is 2.28. The molecule has 0 spiro atoms. The normalized spacial score (nSPS) is 14.6. The first-order valence-corrected chi connectivity index (χ1v) is 14.5. The molecule has 236 valence electrons. The Kier molecular flexibility index (Phi) is 9.78. The maximum atomic E-state index is 14.5. The molecule has 1 unspecified atom stereocenters. The number of aromatic nitrogens is 4. The van der Waals surface area contributed by atoms with Gasteiger partial charge in [-0.1, -0.05) is 13.8 Å². The van der Waals surface area contributed by atoms with Crippen molar-refractivity contribution in [3.8, 4) is 28.9 Å². The number of methoxy groups -OCH3 is 3. The SMILES string of the molecule is COc1ccc(OC(=O)N(Cc2ccc(OC)cc2OC)C(=O)C2CNCCN2c2cc(C(C)C)nc(-n3ccnc3)n2)cc1. The van der Waals surface area contributed by atoms with E-state index >= 15 is 0 Å². The zero-order valence-corrected chi connectivity index (χ0v) is 26.0. The molecule has 0 bridgehead atoms. The number of nitrogens with one attached hydrogen (secondary N) is 1. The Balaban J connectivity index is 1.51. The molecule has 1 fully saturated rings. The van der Waals surface area contributed by atoms with Crippen LogP contribution in [0.2, 0.25) is 0 Å². The Morgan fingerprint density at radius 1 is 0.978 bits per heavy atom. The van der Waals surface area contributed by atoms with E-state index in [1.165, 1.54) is 7.11 Å². The van der Waals surface area contributed by atoms with Crippen molar-refractivity contribution in [2.24, 2.45) is 0 Å². The molecule has 5 rings (SSSR count). The van der Waals surface area contributed by atoms with E-state index in [0.29, 0.717) is 47.7 Å². The third-order valence-electron chi connectivity index (χ3n) is 7.44. The molecule has 45 heavy (non-hydrogen) atoms. The molecule has 1 aliphatic rings. The lowest BCUT2D eigenvalue weighted by molar-refractivity contribution is -0.131. The second-order valence-electron chi connectivity index (χ2n) is 10.6. The van der Waals surface area contributed by atoms with Crippen LogP contribution in [0, 0.1) is 0 Å². The summed E-state index contributed by atoms with van der Waals surface area (Å²) in [5.41, 5.74) is 1.41. The number of amides is 2. The van der Waals surface area contributed by atoms with Gasteiger partial charge < -0.3 is 29.2 Å². The highest BCUT2D eigenvalue weighted by Gasteiger charge is 2.37. The van der Waals surface area contributed by atoms with Crippen LogP contribution in [0.15, 0.2) is 67.3 Å². The first-order chi connectivity index (χ1) is 21.8. The van der Waals surface area contributed by atoms with Crippen molar-refractivity contribution in [1.82, 2.24) is 29.7 Å². The van der Waals surface area contributed by atoms with E-state index in [1.54, 1.807) is 80.0 Å². The van der Waals surface area contributed by atoms with Crippen LogP contribution in [-0.4, -0.2) is 83.4 Å². The number of imide groups is 1. The fraction of sp³-hybridized carbons (Fsp3) is 0.344. The Morgan fingerprint density at radius 3 is 2.38 bits per heavy atom. The summed E-state index contributed by atoms with van der Waals surface area (Å²) in [6.07, 6.45) is 4.21. The number of nitrogens with zero attached hydrogens (tertiary/aromatic N) is 6. The summed E-state index contributed by atoms with van der Waals surface area (Å²) < 4.78 is 23.6. The largest absolute Gasteiger partial charge is 0.497 e.